The molecular weight excluding hydrogens is 222 g/mol. The van der Waals surface area contributed by atoms with Crippen molar-refractivity contribution >= 4 is 28.9 Å². The van der Waals surface area contributed by atoms with Gasteiger partial charge in [0.15, 0.2) is 0 Å². The molecule has 0 unspecified atom stereocenters. The molecule has 6 heteroatoms. The van der Waals surface area contributed by atoms with E-state index in [0.29, 0.717) is 5.95 Å². The predicted octanol–water partition coefficient (Wildman–Crippen LogP) is 1.00. The number of carboxylic acids is 1. The van der Waals surface area contributed by atoms with Crippen LogP contribution < -0.4 is 5.32 Å². The molecule has 0 aliphatic carbocycles. The Bertz CT molecular complexity index is 632. The number of benzene rings is 1. The van der Waals surface area contributed by atoms with Gasteiger partial charge in [0.25, 0.3) is 0 Å². The summed E-state index contributed by atoms with van der Waals surface area (Å²) in [7, 11) is 0. The molecule has 0 bridgehead atoms. The average Bonchev–Trinajstić information content (AvgIpc) is 2.75. The largest absolute Gasteiger partial charge is 0.481 e. The summed E-state index contributed by atoms with van der Waals surface area (Å²) in [6.45, 7) is 0. The van der Waals surface area contributed by atoms with E-state index in [4.69, 9.17) is 5.11 Å². The number of hydrogen-bond acceptors (Lipinski definition) is 3. The monoisotopic (exact) mass is 231 g/mol. The van der Waals surface area contributed by atoms with Crippen LogP contribution in [0.3, 0.4) is 0 Å². The average molecular weight is 231 g/mol. The lowest BCUT2D eigenvalue weighted by molar-refractivity contribution is -0.139. The molecule has 0 spiro atoms. The van der Waals surface area contributed by atoms with Crippen molar-refractivity contribution in [3.05, 3.63) is 24.3 Å². The third-order valence-corrected chi connectivity index (χ3v) is 2.81. The van der Waals surface area contributed by atoms with Gasteiger partial charge in [-0.2, -0.15) is 0 Å². The van der Waals surface area contributed by atoms with E-state index >= 15 is 0 Å². The smallest absolute Gasteiger partial charge is 0.306 e. The van der Waals surface area contributed by atoms with Crippen LogP contribution in [0.15, 0.2) is 24.3 Å². The zero-order valence-corrected chi connectivity index (χ0v) is 8.75. The second-order valence-electron chi connectivity index (χ2n) is 3.90. The van der Waals surface area contributed by atoms with E-state index in [2.05, 4.69) is 10.3 Å². The highest BCUT2D eigenvalue weighted by atomic mass is 16.4. The molecule has 86 valence electrons. The number of aliphatic carboxylic acids is 1. The Balaban J connectivity index is 2.17. The fraction of sp³-hybridized carbons (Fsp3) is 0.182. The van der Waals surface area contributed by atoms with Crippen LogP contribution >= 0.6 is 0 Å². The quantitative estimate of drug-likeness (QED) is 0.807. The fourth-order valence-corrected chi connectivity index (χ4v) is 2.11. The van der Waals surface area contributed by atoms with Gasteiger partial charge in [0.05, 0.1) is 17.5 Å². The minimum Gasteiger partial charge on any atom is -0.481 e. The van der Waals surface area contributed by atoms with Gasteiger partial charge in [0.2, 0.25) is 11.9 Å². The molecule has 1 amide bonds. The molecule has 2 aromatic rings. The predicted molar refractivity (Wildman–Crippen MR) is 59.7 cm³/mol. The summed E-state index contributed by atoms with van der Waals surface area (Å²) in [6.07, 6.45) is -0.237. The van der Waals surface area contributed by atoms with Crippen LogP contribution in [0.4, 0.5) is 5.95 Å². The summed E-state index contributed by atoms with van der Waals surface area (Å²) in [6, 6.07) is 6.61. The molecule has 1 aliphatic heterocycles. The Labute approximate surface area is 95.9 Å². The molecule has 1 atom stereocenters. The third kappa shape index (κ3) is 1.37. The molecule has 6 nitrogen and oxygen atoms in total. The van der Waals surface area contributed by atoms with Crippen LogP contribution in [0.25, 0.3) is 11.0 Å². The van der Waals surface area contributed by atoms with Gasteiger partial charge in [0, 0.05) is 0 Å². The first-order valence-electron chi connectivity index (χ1n) is 5.16. The second-order valence-corrected chi connectivity index (χ2v) is 3.90. The summed E-state index contributed by atoms with van der Waals surface area (Å²) in [5.41, 5.74) is 1.52. The number of nitrogens with zero attached hydrogens (tertiary/aromatic N) is 2. The van der Waals surface area contributed by atoms with E-state index in [9.17, 15) is 9.59 Å². The second kappa shape index (κ2) is 3.31. The lowest BCUT2D eigenvalue weighted by atomic mass is 10.2. The van der Waals surface area contributed by atoms with E-state index in [1.807, 2.05) is 24.3 Å². The molecular formula is C11H9N3O3. The third-order valence-electron chi connectivity index (χ3n) is 2.81. The Hall–Kier alpha value is -2.37. The first-order chi connectivity index (χ1) is 8.16. The lowest BCUT2D eigenvalue weighted by Crippen LogP contribution is -2.19. The van der Waals surface area contributed by atoms with Crippen LogP contribution in [0.2, 0.25) is 0 Å². The molecule has 17 heavy (non-hydrogen) atoms. The summed E-state index contributed by atoms with van der Waals surface area (Å²) < 4.78 is 1.64. The van der Waals surface area contributed by atoms with Gasteiger partial charge in [-0.3, -0.25) is 19.5 Å². The number of fused-ring (bicyclic) bond motifs is 3. The number of amides is 1. The van der Waals surface area contributed by atoms with E-state index in [-0.39, 0.29) is 12.3 Å². The van der Waals surface area contributed by atoms with Crippen molar-refractivity contribution in [1.82, 2.24) is 9.55 Å². The minimum atomic E-state index is -1.00. The number of para-hydroxylation sites is 2. The number of rotatable bonds is 2. The van der Waals surface area contributed by atoms with Crippen molar-refractivity contribution in [2.75, 3.05) is 5.32 Å². The number of aromatic nitrogens is 2. The Kier molecular flexibility index (Phi) is 1.91. The van der Waals surface area contributed by atoms with Gasteiger partial charge in [0.1, 0.15) is 6.04 Å². The molecule has 2 heterocycles. The Morgan fingerprint density at radius 3 is 3.00 bits per heavy atom. The highest BCUT2D eigenvalue weighted by Crippen LogP contribution is 2.31. The van der Waals surface area contributed by atoms with Crippen LogP contribution in [-0.4, -0.2) is 26.5 Å². The topological polar surface area (TPSA) is 84.2 Å². The molecule has 2 N–H and O–H groups in total. The van der Waals surface area contributed by atoms with E-state index < -0.39 is 12.0 Å². The van der Waals surface area contributed by atoms with Crippen molar-refractivity contribution < 1.29 is 14.7 Å². The molecule has 1 aliphatic rings. The molecule has 0 saturated heterocycles. The number of imidazole rings is 1. The zero-order valence-electron chi connectivity index (χ0n) is 8.75. The molecule has 3 rings (SSSR count). The van der Waals surface area contributed by atoms with E-state index in [0.717, 1.165) is 11.0 Å². The fourth-order valence-electron chi connectivity index (χ4n) is 2.11. The molecule has 0 saturated carbocycles. The van der Waals surface area contributed by atoms with Gasteiger partial charge in [-0.05, 0) is 12.1 Å². The highest BCUT2D eigenvalue weighted by Gasteiger charge is 2.34. The summed E-state index contributed by atoms with van der Waals surface area (Å²) >= 11 is 0. The van der Waals surface area contributed by atoms with Crippen molar-refractivity contribution in [2.45, 2.75) is 12.5 Å². The first-order valence-corrected chi connectivity index (χ1v) is 5.16. The Morgan fingerprint density at radius 2 is 2.24 bits per heavy atom. The van der Waals surface area contributed by atoms with Crippen molar-refractivity contribution in [3.63, 3.8) is 0 Å². The molecule has 1 aromatic carbocycles. The standard InChI is InChI=1S/C11H9N3O3/c15-9(16)5-8-10(17)13-11-12-6-3-1-2-4-7(6)14(8)11/h1-4,8H,5H2,(H,15,16)(H,12,13,17)/t8-/m0/s1. The summed E-state index contributed by atoms with van der Waals surface area (Å²) in [4.78, 5) is 26.6. The summed E-state index contributed by atoms with van der Waals surface area (Å²) in [5.74, 6) is -0.904. The number of carboxylic acid groups (broad SMARTS) is 1. The maximum Gasteiger partial charge on any atom is 0.306 e. The molecule has 0 fully saturated rings. The van der Waals surface area contributed by atoms with Gasteiger partial charge < -0.3 is 5.11 Å². The number of nitrogens with one attached hydrogen (secondary N) is 1. The van der Waals surface area contributed by atoms with E-state index in [1.54, 1.807) is 4.57 Å². The van der Waals surface area contributed by atoms with Gasteiger partial charge in [-0.25, -0.2) is 4.98 Å². The minimum absolute atomic E-state index is 0.237. The van der Waals surface area contributed by atoms with Gasteiger partial charge in [-0.1, -0.05) is 12.1 Å². The first kappa shape index (κ1) is 9.83. The molecule has 1 aromatic heterocycles. The number of carbonyl (C=O) groups is 2. The van der Waals surface area contributed by atoms with E-state index in [1.165, 1.54) is 0 Å². The van der Waals surface area contributed by atoms with Crippen LogP contribution in [-0.2, 0) is 9.59 Å². The normalized spacial score (nSPS) is 18.1. The maximum atomic E-state index is 11.6. The zero-order chi connectivity index (χ0) is 12.0. The van der Waals surface area contributed by atoms with Crippen molar-refractivity contribution in [2.24, 2.45) is 0 Å². The summed E-state index contributed by atoms with van der Waals surface area (Å²) in [5, 5.41) is 11.4. The maximum absolute atomic E-state index is 11.6. The number of carbonyl (C=O) groups excluding carboxylic acids is 1. The van der Waals surface area contributed by atoms with Gasteiger partial charge in [-0.15, -0.1) is 0 Å². The number of anilines is 1. The number of hydrogen-bond donors (Lipinski definition) is 2. The lowest BCUT2D eigenvalue weighted by Gasteiger charge is -2.08. The Morgan fingerprint density at radius 1 is 1.47 bits per heavy atom. The van der Waals surface area contributed by atoms with Crippen LogP contribution in [0, 0.1) is 0 Å². The van der Waals surface area contributed by atoms with Crippen molar-refractivity contribution in [1.29, 1.82) is 0 Å². The van der Waals surface area contributed by atoms with Crippen molar-refractivity contribution in [3.8, 4) is 0 Å². The van der Waals surface area contributed by atoms with Crippen LogP contribution in [0.1, 0.15) is 12.5 Å². The molecule has 0 radical (unpaired) electrons. The highest BCUT2D eigenvalue weighted by molar-refractivity contribution is 6.01. The SMILES string of the molecule is O=C(O)C[C@H]1C(=O)Nc2nc3ccccc3n21. The van der Waals surface area contributed by atoms with Crippen LogP contribution in [0.5, 0.6) is 0 Å². The van der Waals surface area contributed by atoms with Gasteiger partial charge >= 0.3 is 5.97 Å².